The lowest BCUT2D eigenvalue weighted by Crippen LogP contribution is -2.28. The Morgan fingerprint density at radius 3 is 2.62 bits per heavy atom. The molecule has 0 aromatic carbocycles. The molecule has 1 atom stereocenters. The van der Waals surface area contributed by atoms with Gasteiger partial charge >= 0.3 is 0 Å². The van der Waals surface area contributed by atoms with Crippen molar-refractivity contribution >= 4 is 11.8 Å². The monoisotopic (exact) mass is 289 g/mol. The van der Waals surface area contributed by atoms with Crippen molar-refractivity contribution in [1.29, 1.82) is 5.41 Å². The Labute approximate surface area is 127 Å². The molecule has 1 fully saturated rings. The zero-order valence-electron chi connectivity index (χ0n) is 13.6. The average Bonchev–Trinajstić information content (AvgIpc) is 2.63. The van der Waals surface area contributed by atoms with Gasteiger partial charge in [-0.1, -0.05) is 20.8 Å². The number of nitrogen functional groups attached to an aromatic ring is 1. The smallest absolute Gasteiger partial charge is 0.226 e. The summed E-state index contributed by atoms with van der Waals surface area (Å²) in [6, 6.07) is 1.77. The first-order valence-electron chi connectivity index (χ1n) is 7.72. The summed E-state index contributed by atoms with van der Waals surface area (Å²) in [5.74, 6) is 1.46. The van der Waals surface area contributed by atoms with E-state index in [-0.39, 0.29) is 5.84 Å². The Morgan fingerprint density at radius 1 is 1.29 bits per heavy atom. The molecule has 2 rings (SSSR count). The van der Waals surface area contributed by atoms with Crippen LogP contribution in [0.15, 0.2) is 6.07 Å². The summed E-state index contributed by atoms with van der Waals surface area (Å²) in [7, 11) is 0. The highest BCUT2D eigenvalue weighted by Crippen LogP contribution is 2.34. The van der Waals surface area contributed by atoms with Crippen LogP contribution in [0.2, 0.25) is 0 Å². The predicted molar refractivity (Wildman–Crippen MR) is 86.8 cm³/mol. The summed E-state index contributed by atoms with van der Waals surface area (Å²) in [4.78, 5) is 11.2. The van der Waals surface area contributed by atoms with Crippen LogP contribution in [0.1, 0.15) is 51.4 Å². The molecule has 2 heterocycles. The molecular formula is C16H27N5. The molecular weight excluding hydrogens is 262 g/mol. The Balaban J connectivity index is 2.17. The van der Waals surface area contributed by atoms with Crippen molar-refractivity contribution in [2.75, 3.05) is 18.0 Å². The van der Waals surface area contributed by atoms with Gasteiger partial charge in [0.05, 0.1) is 0 Å². The molecule has 1 unspecified atom stereocenters. The van der Waals surface area contributed by atoms with E-state index < -0.39 is 0 Å². The van der Waals surface area contributed by atoms with Gasteiger partial charge in [-0.05, 0) is 43.6 Å². The van der Waals surface area contributed by atoms with E-state index in [2.05, 4.69) is 35.6 Å². The lowest BCUT2D eigenvalue weighted by Gasteiger charge is -2.29. The summed E-state index contributed by atoms with van der Waals surface area (Å²) in [5, 5.41) is 7.57. The van der Waals surface area contributed by atoms with Crippen LogP contribution in [-0.4, -0.2) is 28.9 Å². The maximum absolute atomic E-state index is 7.57. The van der Waals surface area contributed by atoms with E-state index >= 15 is 0 Å². The third-order valence-electron chi connectivity index (χ3n) is 4.35. The van der Waals surface area contributed by atoms with Crippen LogP contribution in [0.3, 0.4) is 0 Å². The summed E-state index contributed by atoms with van der Waals surface area (Å²) >= 11 is 0. The van der Waals surface area contributed by atoms with E-state index in [1.54, 1.807) is 6.07 Å². The van der Waals surface area contributed by atoms with E-state index in [0.717, 1.165) is 43.5 Å². The third kappa shape index (κ3) is 3.93. The van der Waals surface area contributed by atoms with E-state index in [4.69, 9.17) is 11.1 Å². The summed E-state index contributed by atoms with van der Waals surface area (Å²) in [5.41, 5.74) is 7.31. The quantitative estimate of drug-likeness (QED) is 0.648. The number of nitrogens with one attached hydrogen (secondary N) is 1. The number of hydrogen-bond acceptors (Lipinski definition) is 4. The maximum Gasteiger partial charge on any atom is 0.226 e. The molecule has 5 nitrogen and oxygen atoms in total. The summed E-state index contributed by atoms with van der Waals surface area (Å²) < 4.78 is 0. The summed E-state index contributed by atoms with van der Waals surface area (Å²) in [6.07, 6.45) is 3.58. The van der Waals surface area contributed by atoms with Crippen LogP contribution in [-0.2, 0) is 0 Å². The number of hydrogen-bond donors (Lipinski definition) is 2. The lowest BCUT2D eigenvalue weighted by molar-refractivity contribution is 0.220. The minimum atomic E-state index is 0.00383. The molecule has 0 bridgehead atoms. The molecule has 1 aromatic rings. The largest absolute Gasteiger partial charge is 0.382 e. The molecule has 5 heteroatoms. The second-order valence-corrected chi connectivity index (χ2v) is 7.09. The number of anilines is 1. The zero-order valence-corrected chi connectivity index (χ0v) is 13.6. The van der Waals surface area contributed by atoms with Gasteiger partial charge in [-0.25, -0.2) is 9.97 Å². The van der Waals surface area contributed by atoms with Crippen LogP contribution in [0.4, 0.5) is 5.95 Å². The molecule has 21 heavy (non-hydrogen) atoms. The topological polar surface area (TPSA) is 78.9 Å². The molecule has 1 aromatic heterocycles. The number of nitrogens with two attached hydrogens (primary N) is 1. The highest BCUT2D eigenvalue weighted by atomic mass is 15.3. The van der Waals surface area contributed by atoms with E-state index in [0.29, 0.717) is 11.1 Å². The van der Waals surface area contributed by atoms with Gasteiger partial charge in [-0.15, -0.1) is 0 Å². The van der Waals surface area contributed by atoms with Gasteiger partial charge in [-0.3, -0.25) is 5.41 Å². The molecule has 0 radical (unpaired) electrons. The Kier molecular flexibility index (Phi) is 4.49. The van der Waals surface area contributed by atoms with Gasteiger partial charge in [0.25, 0.3) is 0 Å². The fraction of sp³-hybridized carbons (Fsp3) is 0.688. The van der Waals surface area contributed by atoms with Crippen LogP contribution in [0.5, 0.6) is 0 Å². The minimum absolute atomic E-state index is 0.00383. The second kappa shape index (κ2) is 6.00. The molecule has 1 aliphatic rings. The van der Waals surface area contributed by atoms with Crippen molar-refractivity contribution in [3.63, 3.8) is 0 Å². The fourth-order valence-electron chi connectivity index (χ4n) is 2.99. The molecule has 0 amide bonds. The molecule has 1 saturated heterocycles. The number of amidine groups is 1. The van der Waals surface area contributed by atoms with Gasteiger partial charge in [0.1, 0.15) is 11.5 Å². The van der Waals surface area contributed by atoms with Gasteiger partial charge < -0.3 is 10.6 Å². The fourth-order valence-corrected chi connectivity index (χ4v) is 2.99. The normalized spacial score (nSPS) is 20.2. The average molecular weight is 289 g/mol. The van der Waals surface area contributed by atoms with Crippen molar-refractivity contribution in [3.05, 3.63) is 17.5 Å². The number of aryl methyl sites for hydroxylation is 1. The van der Waals surface area contributed by atoms with Crippen molar-refractivity contribution in [2.24, 2.45) is 17.1 Å². The molecule has 3 N–H and O–H groups in total. The van der Waals surface area contributed by atoms with Crippen molar-refractivity contribution < 1.29 is 0 Å². The number of nitrogens with zero attached hydrogens (tertiary/aromatic N) is 3. The summed E-state index contributed by atoms with van der Waals surface area (Å²) in [6.45, 7) is 10.8. The number of aromatic nitrogens is 2. The van der Waals surface area contributed by atoms with Crippen LogP contribution in [0.25, 0.3) is 0 Å². The van der Waals surface area contributed by atoms with Crippen LogP contribution >= 0.6 is 0 Å². The van der Waals surface area contributed by atoms with Gasteiger partial charge in [0.2, 0.25) is 5.95 Å². The maximum atomic E-state index is 7.57. The van der Waals surface area contributed by atoms with Crippen molar-refractivity contribution in [1.82, 2.24) is 9.97 Å². The highest BCUT2D eigenvalue weighted by Gasteiger charge is 2.27. The first kappa shape index (κ1) is 15.7. The minimum Gasteiger partial charge on any atom is -0.382 e. The van der Waals surface area contributed by atoms with E-state index in [1.807, 2.05) is 6.92 Å². The Bertz CT molecular complexity index is 518. The first-order valence-corrected chi connectivity index (χ1v) is 7.72. The van der Waals surface area contributed by atoms with Gasteiger partial charge in [-0.2, -0.15) is 0 Å². The van der Waals surface area contributed by atoms with Gasteiger partial charge in [0.15, 0.2) is 0 Å². The molecule has 1 aliphatic heterocycles. The standard InChI is InChI=1S/C16H27N5/c1-11-10-13(14(17)18)20-15(19-11)21-8-5-6-12(7-9-21)16(2,3)4/h10,12H,5-9H2,1-4H3,(H3,17,18). The highest BCUT2D eigenvalue weighted by molar-refractivity contribution is 5.93. The molecule has 0 saturated carbocycles. The number of rotatable bonds is 2. The first-order chi connectivity index (χ1) is 9.77. The van der Waals surface area contributed by atoms with Crippen LogP contribution in [0, 0.1) is 23.7 Å². The molecule has 0 spiro atoms. The molecule has 116 valence electrons. The van der Waals surface area contributed by atoms with Gasteiger partial charge in [0, 0.05) is 18.8 Å². The van der Waals surface area contributed by atoms with Crippen molar-refractivity contribution in [3.8, 4) is 0 Å². The Morgan fingerprint density at radius 2 is 2.00 bits per heavy atom. The van der Waals surface area contributed by atoms with E-state index in [9.17, 15) is 0 Å². The third-order valence-corrected chi connectivity index (χ3v) is 4.35. The zero-order chi connectivity index (χ0) is 15.6. The van der Waals surface area contributed by atoms with Crippen LogP contribution < -0.4 is 10.6 Å². The second-order valence-electron chi connectivity index (χ2n) is 7.09. The lowest BCUT2D eigenvalue weighted by atomic mass is 9.77. The predicted octanol–water partition coefficient (Wildman–Crippen LogP) is 2.72. The Hall–Kier alpha value is -1.65. The van der Waals surface area contributed by atoms with E-state index in [1.165, 1.54) is 6.42 Å². The van der Waals surface area contributed by atoms with Crippen molar-refractivity contribution in [2.45, 2.75) is 47.0 Å². The SMILES string of the molecule is Cc1cc(C(=N)N)nc(N2CCCC(C(C)(C)C)CC2)n1. The molecule has 0 aliphatic carbocycles.